The van der Waals surface area contributed by atoms with E-state index in [2.05, 4.69) is 10.0 Å². The van der Waals surface area contributed by atoms with Gasteiger partial charge in [0, 0.05) is 10.5 Å². The molecule has 2 N–H and O–H groups in total. The number of carbonyl (C=O) groups is 2. The van der Waals surface area contributed by atoms with Gasteiger partial charge in [-0.3, -0.25) is 9.59 Å². The number of ketones is 1. The molecule has 14 heavy (non-hydrogen) atoms. The Bertz CT molecular complexity index is 382. The van der Waals surface area contributed by atoms with Crippen LogP contribution < -0.4 is 0 Å². The van der Waals surface area contributed by atoms with Crippen molar-refractivity contribution in [2.45, 2.75) is 0 Å². The lowest BCUT2D eigenvalue weighted by molar-refractivity contribution is -0.114. The molecule has 0 aromatic heterocycles. The van der Waals surface area contributed by atoms with Crippen LogP contribution in [-0.4, -0.2) is 17.2 Å². The molecule has 1 rings (SSSR count). The fourth-order valence-electron chi connectivity index (χ4n) is 0.799. The Morgan fingerprint density at radius 1 is 1.21 bits per heavy atom. The number of nitrogens with zero attached hydrogens (tertiary/aromatic N) is 3. The van der Waals surface area contributed by atoms with Crippen molar-refractivity contribution in [3.8, 4) is 0 Å². The first kappa shape index (κ1) is 11.8. The molecule has 1 aromatic carbocycles. The summed E-state index contributed by atoms with van der Waals surface area (Å²) in [5.41, 5.74) is 8.14. The molecule has 6 nitrogen and oxygen atoms in total. The predicted molar refractivity (Wildman–Crippen MR) is 48.5 cm³/mol. The molecule has 72 valence electrons. The van der Waals surface area contributed by atoms with Gasteiger partial charge in [0.2, 0.25) is 5.78 Å². The highest BCUT2D eigenvalue weighted by Gasteiger charge is 2.12. The zero-order valence-electron chi connectivity index (χ0n) is 7.04. The summed E-state index contributed by atoms with van der Waals surface area (Å²) in [5.74, 6) is -1.88. The number of carbonyl (C=O) groups excluding carboxylic acids is 2. The predicted octanol–water partition coefficient (Wildman–Crippen LogP) is 0.881. The minimum Gasteiger partial charge on any atom is -0.412 e. The second-order valence-corrected chi connectivity index (χ2v) is 2.19. The third kappa shape index (κ3) is 2.71. The van der Waals surface area contributed by atoms with Crippen LogP contribution in [0.15, 0.2) is 35.4 Å². The fourth-order valence-corrected chi connectivity index (χ4v) is 0.799. The van der Waals surface area contributed by atoms with Crippen LogP contribution in [0.3, 0.4) is 0 Å². The molecule has 0 heterocycles. The van der Waals surface area contributed by atoms with E-state index in [9.17, 15) is 9.59 Å². The van der Waals surface area contributed by atoms with E-state index >= 15 is 0 Å². The van der Waals surface area contributed by atoms with Gasteiger partial charge in [-0.05, 0) is 10.6 Å². The highest BCUT2D eigenvalue weighted by atomic mass is 16.2. The van der Waals surface area contributed by atoms with Gasteiger partial charge in [-0.15, -0.1) is 0 Å². The highest BCUT2D eigenvalue weighted by Crippen LogP contribution is 2.00. The van der Waals surface area contributed by atoms with Crippen molar-refractivity contribution >= 4 is 11.7 Å². The van der Waals surface area contributed by atoms with Crippen molar-refractivity contribution in [2.75, 3.05) is 0 Å². The molecule has 0 saturated carbocycles. The van der Waals surface area contributed by atoms with Crippen molar-refractivity contribution in [2.24, 2.45) is 5.11 Å². The van der Waals surface area contributed by atoms with E-state index in [0.717, 1.165) is 0 Å². The molecule has 6 heteroatoms. The van der Waals surface area contributed by atoms with Crippen LogP contribution in [0.1, 0.15) is 10.4 Å². The van der Waals surface area contributed by atoms with Crippen LogP contribution in [0.5, 0.6) is 0 Å². The third-order valence-corrected chi connectivity index (χ3v) is 1.37. The van der Waals surface area contributed by atoms with Crippen molar-refractivity contribution < 1.29 is 15.1 Å². The highest BCUT2D eigenvalue weighted by molar-refractivity contribution is 6.43. The Balaban J connectivity index is 0.00000169. The van der Waals surface area contributed by atoms with Gasteiger partial charge < -0.3 is 5.48 Å². The molecule has 0 aliphatic rings. The van der Waals surface area contributed by atoms with Gasteiger partial charge in [-0.25, -0.2) is 0 Å². The lowest BCUT2D eigenvalue weighted by atomic mass is 10.1. The number of hydrogen-bond acceptors (Lipinski definition) is 2. The molecule has 1 aromatic rings. The SMILES string of the molecule is O.[N-]=[N+]=NC(=O)C(=O)c1ccccc1. The zero-order chi connectivity index (χ0) is 9.68. The molecule has 0 spiro atoms. The number of rotatable bonds is 2. The number of amides is 1. The lowest BCUT2D eigenvalue weighted by Gasteiger charge is -1.93. The molecule has 0 aliphatic heterocycles. The summed E-state index contributed by atoms with van der Waals surface area (Å²) in [7, 11) is 0. The lowest BCUT2D eigenvalue weighted by Crippen LogP contribution is -2.10. The second kappa shape index (κ2) is 5.47. The van der Waals surface area contributed by atoms with Gasteiger partial charge in [-0.2, -0.15) is 0 Å². The average molecular weight is 193 g/mol. The molecule has 0 aliphatic carbocycles. The molecule has 0 saturated heterocycles. The zero-order valence-corrected chi connectivity index (χ0v) is 7.04. The third-order valence-electron chi connectivity index (χ3n) is 1.37. The van der Waals surface area contributed by atoms with Gasteiger partial charge in [-0.1, -0.05) is 30.3 Å². The van der Waals surface area contributed by atoms with Crippen LogP contribution >= 0.6 is 0 Å². The van der Waals surface area contributed by atoms with E-state index in [0.29, 0.717) is 0 Å². The van der Waals surface area contributed by atoms with E-state index in [4.69, 9.17) is 5.53 Å². The van der Waals surface area contributed by atoms with Gasteiger partial charge >= 0.3 is 0 Å². The maximum Gasteiger partial charge on any atom is 0.289 e. The number of benzene rings is 1. The van der Waals surface area contributed by atoms with Crippen LogP contribution in [0.25, 0.3) is 10.4 Å². The van der Waals surface area contributed by atoms with Gasteiger partial charge in [0.1, 0.15) is 0 Å². The first-order valence-electron chi connectivity index (χ1n) is 3.44. The maximum atomic E-state index is 11.1. The van der Waals surface area contributed by atoms with E-state index in [1.165, 1.54) is 12.1 Å². The Labute approximate surface area is 79.1 Å². The van der Waals surface area contributed by atoms with Gasteiger partial charge in [0.05, 0.1) is 0 Å². The summed E-state index contributed by atoms with van der Waals surface area (Å²) in [6, 6.07) is 7.92. The Morgan fingerprint density at radius 2 is 1.79 bits per heavy atom. The second-order valence-electron chi connectivity index (χ2n) is 2.19. The molecule has 0 unspecified atom stereocenters. The molecule has 0 bridgehead atoms. The largest absolute Gasteiger partial charge is 0.412 e. The van der Waals surface area contributed by atoms with Crippen molar-refractivity contribution in [1.29, 1.82) is 0 Å². The van der Waals surface area contributed by atoms with Crippen LogP contribution in [0.4, 0.5) is 0 Å². The molecule has 0 atom stereocenters. The number of hydrogen-bond donors (Lipinski definition) is 0. The summed E-state index contributed by atoms with van der Waals surface area (Å²) in [4.78, 5) is 24.1. The van der Waals surface area contributed by atoms with E-state index < -0.39 is 11.7 Å². The van der Waals surface area contributed by atoms with Crippen LogP contribution in [0, 0.1) is 0 Å². The van der Waals surface area contributed by atoms with Crippen molar-refractivity contribution in [3.05, 3.63) is 46.3 Å². The number of Topliss-reactive ketones (excluding diaryl/α,β-unsaturated/α-hetero) is 1. The van der Waals surface area contributed by atoms with Crippen LogP contribution in [0.2, 0.25) is 0 Å². The quantitative estimate of drug-likeness (QED) is 0.228. The standard InChI is InChI=1S/C8H5N3O2.H2O/c9-11-10-8(13)7(12)6-4-2-1-3-5-6;/h1-5H;1H2. The fraction of sp³-hybridized carbons (Fsp3) is 0. The number of azide groups is 1. The summed E-state index contributed by atoms with van der Waals surface area (Å²) >= 11 is 0. The molecule has 0 radical (unpaired) electrons. The minimum absolute atomic E-state index is 0. The minimum atomic E-state index is -1.09. The monoisotopic (exact) mass is 193 g/mol. The summed E-state index contributed by atoms with van der Waals surface area (Å²) < 4.78 is 0. The van der Waals surface area contributed by atoms with E-state index in [1.54, 1.807) is 18.2 Å². The Kier molecular flexibility index (Phi) is 4.62. The maximum absolute atomic E-state index is 11.1. The van der Waals surface area contributed by atoms with E-state index in [1.807, 2.05) is 0 Å². The Hall–Kier alpha value is -2.17. The van der Waals surface area contributed by atoms with E-state index in [-0.39, 0.29) is 11.0 Å². The van der Waals surface area contributed by atoms with Gasteiger partial charge in [0.25, 0.3) is 5.91 Å². The first-order valence-corrected chi connectivity index (χ1v) is 3.44. The summed E-state index contributed by atoms with van der Waals surface area (Å²) in [6.45, 7) is 0. The summed E-state index contributed by atoms with van der Waals surface area (Å²) in [6.07, 6.45) is 0. The molecule has 1 amide bonds. The normalized spacial score (nSPS) is 8.00. The molecular formula is C8H7N3O3. The summed E-state index contributed by atoms with van der Waals surface area (Å²) in [5, 5.41) is 2.69. The smallest absolute Gasteiger partial charge is 0.289 e. The van der Waals surface area contributed by atoms with Gasteiger partial charge in [0.15, 0.2) is 0 Å². The average Bonchev–Trinajstić information content (AvgIpc) is 2.18. The van der Waals surface area contributed by atoms with Crippen molar-refractivity contribution in [3.63, 3.8) is 0 Å². The first-order chi connectivity index (χ1) is 6.25. The topological polar surface area (TPSA) is 114 Å². The van der Waals surface area contributed by atoms with Crippen molar-refractivity contribution in [1.82, 2.24) is 0 Å². The Morgan fingerprint density at radius 3 is 2.29 bits per heavy atom. The molecular weight excluding hydrogens is 186 g/mol. The van der Waals surface area contributed by atoms with Crippen LogP contribution in [-0.2, 0) is 4.79 Å². The molecule has 0 fully saturated rings.